The van der Waals surface area contributed by atoms with Gasteiger partial charge in [-0.05, 0) is 42.1 Å². The number of hydrogen-bond acceptors (Lipinski definition) is 3. The van der Waals surface area contributed by atoms with Crippen molar-refractivity contribution in [1.82, 2.24) is 0 Å². The molecule has 0 bridgehead atoms. The van der Waals surface area contributed by atoms with Crippen LogP contribution in [0.1, 0.15) is 11.1 Å². The third-order valence-corrected chi connectivity index (χ3v) is 2.71. The summed E-state index contributed by atoms with van der Waals surface area (Å²) >= 11 is 0. The second-order valence-corrected chi connectivity index (χ2v) is 3.68. The summed E-state index contributed by atoms with van der Waals surface area (Å²) in [5.41, 5.74) is 8.01. The molecular weight excluding hydrogens is 200 g/mol. The number of nitriles is 1. The van der Waals surface area contributed by atoms with Crippen LogP contribution in [0.25, 0.3) is 10.8 Å². The van der Waals surface area contributed by atoms with Gasteiger partial charge in [0, 0.05) is 5.39 Å². The topological polar surface area (TPSA) is 59.0 Å². The van der Waals surface area contributed by atoms with Crippen molar-refractivity contribution < 1.29 is 4.74 Å². The Bertz CT molecular complexity index is 597. The highest BCUT2D eigenvalue weighted by Crippen LogP contribution is 2.30. The van der Waals surface area contributed by atoms with Gasteiger partial charge >= 0.3 is 0 Å². The second-order valence-electron chi connectivity index (χ2n) is 3.68. The maximum atomic E-state index is 8.95. The number of benzene rings is 2. The minimum atomic E-state index is 0.523. The molecular formula is C13H12N2O. The van der Waals surface area contributed by atoms with Gasteiger partial charge in [-0.2, -0.15) is 5.26 Å². The molecule has 0 fully saturated rings. The Balaban J connectivity index is 2.85. The highest BCUT2D eigenvalue weighted by atomic mass is 16.5. The molecule has 0 aliphatic heterocycles. The van der Waals surface area contributed by atoms with Crippen LogP contribution in [-0.2, 0) is 0 Å². The van der Waals surface area contributed by atoms with Gasteiger partial charge in [-0.3, -0.25) is 0 Å². The first-order valence-electron chi connectivity index (χ1n) is 4.94. The van der Waals surface area contributed by atoms with Crippen LogP contribution in [0.3, 0.4) is 0 Å². The summed E-state index contributed by atoms with van der Waals surface area (Å²) in [5, 5.41) is 10.9. The highest BCUT2D eigenvalue weighted by Gasteiger charge is 2.07. The van der Waals surface area contributed by atoms with Crippen molar-refractivity contribution in [2.24, 2.45) is 0 Å². The number of hydrogen-bond donors (Lipinski definition) is 1. The predicted octanol–water partition coefficient (Wildman–Crippen LogP) is 2.61. The van der Waals surface area contributed by atoms with E-state index in [1.807, 2.05) is 25.1 Å². The molecule has 2 N–H and O–H groups in total. The number of methoxy groups -OCH3 is 1. The van der Waals surface area contributed by atoms with Gasteiger partial charge in [0.2, 0.25) is 0 Å². The van der Waals surface area contributed by atoms with Gasteiger partial charge in [0.25, 0.3) is 0 Å². The van der Waals surface area contributed by atoms with E-state index in [0.29, 0.717) is 11.3 Å². The molecule has 2 rings (SSSR count). The summed E-state index contributed by atoms with van der Waals surface area (Å²) in [5.74, 6) is 0.791. The SMILES string of the molecule is COc1ccc2c(N)c(C#N)cc(C)c2c1. The number of aryl methyl sites for hydroxylation is 1. The molecule has 80 valence electrons. The summed E-state index contributed by atoms with van der Waals surface area (Å²) in [7, 11) is 1.63. The molecule has 2 aromatic carbocycles. The summed E-state index contributed by atoms with van der Waals surface area (Å²) < 4.78 is 5.17. The molecule has 0 radical (unpaired) electrons. The molecule has 0 spiro atoms. The van der Waals surface area contributed by atoms with Gasteiger partial charge in [-0.1, -0.05) is 0 Å². The molecule has 0 atom stereocenters. The number of nitrogen functional groups attached to an aromatic ring is 1. The predicted molar refractivity (Wildman–Crippen MR) is 64.4 cm³/mol. The maximum absolute atomic E-state index is 8.95. The van der Waals surface area contributed by atoms with E-state index in [-0.39, 0.29) is 0 Å². The Kier molecular flexibility index (Phi) is 2.41. The van der Waals surface area contributed by atoms with E-state index in [2.05, 4.69) is 6.07 Å². The van der Waals surface area contributed by atoms with Gasteiger partial charge in [0.05, 0.1) is 18.4 Å². The van der Waals surface area contributed by atoms with E-state index >= 15 is 0 Å². The van der Waals surface area contributed by atoms with E-state index in [4.69, 9.17) is 15.7 Å². The number of anilines is 1. The van der Waals surface area contributed by atoms with Crippen LogP contribution < -0.4 is 10.5 Å². The zero-order valence-corrected chi connectivity index (χ0v) is 9.24. The Morgan fingerprint density at radius 1 is 1.25 bits per heavy atom. The number of fused-ring (bicyclic) bond motifs is 1. The van der Waals surface area contributed by atoms with Gasteiger partial charge in [-0.25, -0.2) is 0 Å². The van der Waals surface area contributed by atoms with Crippen molar-refractivity contribution in [3.05, 3.63) is 35.4 Å². The van der Waals surface area contributed by atoms with Crippen LogP contribution in [0, 0.1) is 18.3 Å². The molecule has 0 saturated carbocycles. The van der Waals surface area contributed by atoms with Crippen LogP contribution in [0.5, 0.6) is 5.75 Å². The Labute approximate surface area is 94.1 Å². The number of rotatable bonds is 1. The molecule has 16 heavy (non-hydrogen) atoms. The van der Waals surface area contributed by atoms with E-state index < -0.39 is 0 Å². The lowest BCUT2D eigenvalue weighted by atomic mass is 10.00. The smallest absolute Gasteiger partial charge is 0.119 e. The molecule has 3 heteroatoms. The van der Waals surface area contributed by atoms with Gasteiger partial charge in [0.1, 0.15) is 11.8 Å². The molecule has 0 aliphatic rings. The van der Waals surface area contributed by atoms with Crippen LogP contribution >= 0.6 is 0 Å². The van der Waals surface area contributed by atoms with E-state index in [1.165, 1.54) is 0 Å². The largest absolute Gasteiger partial charge is 0.497 e. The molecule has 0 aliphatic carbocycles. The van der Waals surface area contributed by atoms with E-state index in [1.54, 1.807) is 13.2 Å². The minimum absolute atomic E-state index is 0.523. The second kappa shape index (κ2) is 3.74. The first kappa shape index (κ1) is 10.3. The van der Waals surface area contributed by atoms with E-state index in [0.717, 1.165) is 22.1 Å². The molecule has 3 nitrogen and oxygen atoms in total. The minimum Gasteiger partial charge on any atom is -0.497 e. The van der Waals surface area contributed by atoms with Crippen molar-refractivity contribution in [3.8, 4) is 11.8 Å². The van der Waals surface area contributed by atoms with Gasteiger partial charge in [-0.15, -0.1) is 0 Å². The summed E-state index contributed by atoms with van der Waals surface area (Å²) in [4.78, 5) is 0. The molecule has 0 heterocycles. The number of nitrogens with two attached hydrogens (primary N) is 1. The van der Waals surface area contributed by atoms with Crippen LogP contribution in [0.4, 0.5) is 5.69 Å². The van der Waals surface area contributed by atoms with Crippen LogP contribution in [0.2, 0.25) is 0 Å². The third kappa shape index (κ3) is 1.45. The standard InChI is InChI=1S/C13H12N2O/c1-8-5-9(7-14)13(15)11-4-3-10(16-2)6-12(8)11/h3-6H,15H2,1-2H3. The Morgan fingerprint density at radius 2 is 2.00 bits per heavy atom. The van der Waals surface area contributed by atoms with Crippen molar-refractivity contribution in [1.29, 1.82) is 5.26 Å². The summed E-state index contributed by atoms with van der Waals surface area (Å²) in [6, 6.07) is 9.57. The van der Waals surface area contributed by atoms with E-state index in [9.17, 15) is 0 Å². The zero-order chi connectivity index (χ0) is 11.7. The summed E-state index contributed by atoms with van der Waals surface area (Å²) in [6.07, 6.45) is 0. The van der Waals surface area contributed by atoms with Crippen molar-refractivity contribution in [2.45, 2.75) is 6.92 Å². The zero-order valence-electron chi connectivity index (χ0n) is 9.24. The van der Waals surface area contributed by atoms with Crippen LogP contribution in [-0.4, -0.2) is 7.11 Å². The normalized spacial score (nSPS) is 10.1. The number of ether oxygens (including phenoxy) is 1. The summed E-state index contributed by atoms with van der Waals surface area (Å²) in [6.45, 7) is 1.96. The highest BCUT2D eigenvalue weighted by molar-refractivity contribution is 5.98. The molecule has 0 saturated heterocycles. The fourth-order valence-corrected chi connectivity index (χ4v) is 1.82. The van der Waals surface area contributed by atoms with Crippen molar-refractivity contribution >= 4 is 16.5 Å². The Hall–Kier alpha value is -2.21. The molecule has 0 aromatic heterocycles. The monoisotopic (exact) mass is 212 g/mol. The fourth-order valence-electron chi connectivity index (χ4n) is 1.82. The first-order valence-corrected chi connectivity index (χ1v) is 4.94. The average molecular weight is 212 g/mol. The maximum Gasteiger partial charge on any atom is 0.119 e. The lowest BCUT2D eigenvalue weighted by molar-refractivity contribution is 0.415. The first-order chi connectivity index (χ1) is 7.67. The van der Waals surface area contributed by atoms with Crippen molar-refractivity contribution in [3.63, 3.8) is 0 Å². The Morgan fingerprint density at radius 3 is 2.62 bits per heavy atom. The lowest BCUT2D eigenvalue weighted by Gasteiger charge is -2.09. The molecule has 0 unspecified atom stereocenters. The van der Waals surface area contributed by atoms with Crippen molar-refractivity contribution in [2.75, 3.05) is 12.8 Å². The fraction of sp³-hybridized carbons (Fsp3) is 0.154. The van der Waals surface area contributed by atoms with Crippen LogP contribution in [0.15, 0.2) is 24.3 Å². The quantitative estimate of drug-likeness (QED) is 0.739. The third-order valence-electron chi connectivity index (χ3n) is 2.71. The number of nitrogens with zero attached hydrogens (tertiary/aromatic N) is 1. The average Bonchev–Trinajstić information content (AvgIpc) is 2.33. The molecule has 0 amide bonds. The van der Waals surface area contributed by atoms with Gasteiger partial charge < -0.3 is 10.5 Å². The molecule has 2 aromatic rings. The van der Waals surface area contributed by atoms with Gasteiger partial charge in [0.15, 0.2) is 0 Å². The lowest BCUT2D eigenvalue weighted by Crippen LogP contribution is -1.94.